The number of pyridine rings is 1. The lowest BCUT2D eigenvalue weighted by Crippen LogP contribution is -2.33. The van der Waals surface area contributed by atoms with Crippen LogP contribution in [0.15, 0.2) is 55.1 Å². The first kappa shape index (κ1) is 15.2. The molecule has 2 aromatic heterocycles. The first-order chi connectivity index (χ1) is 12.3. The summed E-state index contributed by atoms with van der Waals surface area (Å²) in [5.41, 5.74) is 3.41. The minimum absolute atomic E-state index is 0.0308. The van der Waals surface area contributed by atoms with Crippen molar-refractivity contribution in [2.75, 3.05) is 19.0 Å². The van der Waals surface area contributed by atoms with Gasteiger partial charge >= 0.3 is 6.03 Å². The van der Waals surface area contributed by atoms with E-state index in [0.717, 1.165) is 11.3 Å². The topological polar surface area (TPSA) is 81.1 Å². The third-order valence-electron chi connectivity index (χ3n) is 4.27. The van der Waals surface area contributed by atoms with Crippen molar-refractivity contribution in [1.29, 1.82) is 0 Å². The predicted octanol–water partition coefficient (Wildman–Crippen LogP) is 2.68. The highest BCUT2D eigenvalue weighted by atomic mass is 16.5. The van der Waals surface area contributed by atoms with Crippen LogP contribution >= 0.6 is 0 Å². The molecular weight excluding hydrogens is 318 g/mol. The summed E-state index contributed by atoms with van der Waals surface area (Å²) in [5.74, 6) is 1.11. The van der Waals surface area contributed by atoms with Crippen LogP contribution in [0.2, 0.25) is 0 Å². The molecule has 0 saturated heterocycles. The average Bonchev–Trinajstić information content (AvgIpc) is 3.22. The zero-order valence-electron chi connectivity index (χ0n) is 13.6. The monoisotopic (exact) mass is 335 g/mol. The Morgan fingerprint density at radius 3 is 2.92 bits per heavy atom. The van der Waals surface area contributed by atoms with Gasteiger partial charge in [-0.15, -0.1) is 0 Å². The van der Waals surface area contributed by atoms with Crippen molar-refractivity contribution in [2.45, 2.75) is 6.04 Å². The zero-order valence-corrected chi connectivity index (χ0v) is 13.6. The molecule has 1 unspecified atom stereocenters. The van der Waals surface area contributed by atoms with E-state index in [0.29, 0.717) is 18.1 Å². The number of amides is 2. The summed E-state index contributed by atoms with van der Waals surface area (Å²) < 4.78 is 7.13. The van der Waals surface area contributed by atoms with Crippen LogP contribution in [0.25, 0.3) is 11.3 Å². The van der Waals surface area contributed by atoms with E-state index in [2.05, 4.69) is 37.3 Å². The molecule has 2 N–H and O–H groups in total. The Bertz CT molecular complexity index is 904. The van der Waals surface area contributed by atoms with Gasteiger partial charge in [-0.1, -0.05) is 24.3 Å². The number of urea groups is 1. The highest BCUT2D eigenvalue weighted by Crippen LogP contribution is 2.38. The molecule has 1 aromatic carbocycles. The Hall–Kier alpha value is -3.35. The summed E-state index contributed by atoms with van der Waals surface area (Å²) in [7, 11) is 1.57. The minimum atomic E-state index is -0.302. The lowest BCUT2D eigenvalue weighted by Gasteiger charge is -2.16. The van der Waals surface area contributed by atoms with Gasteiger partial charge in [0.15, 0.2) is 0 Å². The van der Waals surface area contributed by atoms with Gasteiger partial charge in [-0.05, 0) is 17.7 Å². The van der Waals surface area contributed by atoms with Gasteiger partial charge < -0.3 is 14.6 Å². The zero-order chi connectivity index (χ0) is 17.2. The SMILES string of the molecule is COc1ccc(NC(=O)NCC2c3ccccc3-c3cncn32)nc1. The molecule has 1 aliphatic heterocycles. The number of hydrogen-bond donors (Lipinski definition) is 2. The number of imidazole rings is 1. The van der Waals surface area contributed by atoms with Crippen LogP contribution in [0.3, 0.4) is 0 Å². The highest BCUT2D eigenvalue weighted by Gasteiger charge is 2.28. The van der Waals surface area contributed by atoms with Gasteiger partial charge in [0.25, 0.3) is 0 Å². The van der Waals surface area contributed by atoms with Crippen LogP contribution in [0.5, 0.6) is 5.75 Å². The first-order valence-corrected chi connectivity index (χ1v) is 7.92. The number of hydrogen-bond acceptors (Lipinski definition) is 4. The highest BCUT2D eigenvalue weighted by molar-refractivity contribution is 5.88. The van der Waals surface area contributed by atoms with Gasteiger partial charge in [0.05, 0.1) is 37.6 Å². The summed E-state index contributed by atoms with van der Waals surface area (Å²) >= 11 is 0. The van der Waals surface area contributed by atoms with Crippen LogP contribution in [-0.4, -0.2) is 34.2 Å². The molecule has 0 bridgehead atoms. The Balaban J connectivity index is 1.44. The van der Waals surface area contributed by atoms with Crippen LogP contribution in [-0.2, 0) is 0 Å². The van der Waals surface area contributed by atoms with Crippen molar-refractivity contribution in [3.05, 3.63) is 60.7 Å². The van der Waals surface area contributed by atoms with E-state index in [-0.39, 0.29) is 12.1 Å². The third-order valence-corrected chi connectivity index (χ3v) is 4.27. The Labute approximate surface area is 144 Å². The second kappa shape index (κ2) is 6.27. The molecule has 2 amide bonds. The molecule has 0 fully saturated rings. The van der Waals surface area contributed by atoms with Gasteiger partial charge in [0.1, 0.15) is 11.6 Å². The Morgan fingerprint density at radius 1 is 1.24 bits per heavy atom. The molecule has 126 valence electrons. The predicted molar refractivity (Wildman–Crippen MR) is 93.6 cm³/mol. The average molecular weight is 335 g/mol. The van der Waals surface area contributed by atoms with Crippen molar-refractivity contribution in [3.63, 3.8) is 0 Å². The number of nitrogens with zero attached hydrogens (tertiary/aromatic N) is 3. The lowest BCUT2D eigenvalue weighted by molar-refractivity contribution is 0.251. The number of carbonyl (C=O) groups is 1. The second-order valence-electron chi connectivity index (χ2n) is 5.71. The molecule has 0 radical (unpaired) electrons. The van der Waals surface area contributed by atoms with Gasteiger partial charge in [-0.3, -0.25) is 5.32 Å². The van der Waals surface area contributed by atoms with Crippen molar-refractivity contribution < 1.29 is 9.53 Å². The molecule has 4 rings (SSSR count). The summed E-state index contributed by atoms with van der Waals surface area (Å²) in [6.45, 7) is 0.461. The van der Waals surface area contributed by atoms with Crippen molar-refractivity contribution in [3.8, 4) is 17.0 Å². The fourth-order valence-electron chi connectivity index (χ4n) is 3.07. The normalized spacial score (nSPS) is 14.5. The number of rotatable bonds is 4. The van der Waals surface area contributed by atoms with Crippen LogP contribution < -0.4 is 15.4 Å². The maximum atomic E-state index is 12.2. The molecule has 1 aliphatic rings. The number of carbonyl (C=O) groups excluding carboxylic acids is 1. The fourth-order valence-corrected chi connectivity index (χ4v) is 3.07. The number of methoxy groups -OCH3 is 1. The first-order valence-electron chi connectivity index (χ1n) is 7.92. The lowest BCUT2D eigenvalue weighted by atomic mass is 10.0. The summed E-state index contributed by atoms with van der Waals surface area (Å²) in [6, 6.07) is 11.3. The minimum Gasteiger partial charge on any atom is -0.495 e. The number of nitrogens with one attached hydrogen (secondary N) is 2. The summed E-state index contributed by atoms with van der Waals surface area (Å²) in [5, 5.41) is 5.62. The maximum Gasteiger partial charge on any atom is 0.320 e. The summed E-state index contributed by atoms with van der Waals surface area (Å²) in [6.07, 6.45) is 5.20. The largest absolute Gasteiger partial charge is 0.495 e. The van der Waals surface area contributed by atoms with E-state index in [1.165, 1.54) is 5.56 Å². The summed E-state index contributed by atoms with van der Waals surface area (Å²) in [4.78, 5) is 20.5. The number of benzene rings is 1. The number of aromatic nitrogens is 3. The fraction of sp³-hybridized carbons (Fsp3) is 0.167. The second-order valence-corrected chi connectivity index (χ2v) is 5.71. The standard InChI is InChI=1S/C18H17N5O2/c1-25-12-6-7-17(20-8-12)22-18(24)21-10-16-14-5-3-2-4-13(14)15-9-19-11-23(15)16/h2-9,11,16H,10H2,1H3,(H2,20,21,22,24). The maximum absolute atomic E-state index is 12.2. The van der Waals surface area contributed by atoms with E-state index < -0.39 is 0 Å². The van der Waals surface area contributed by atoms with Gasteiger partial charge in [0.2, 0.25) is 0 Å². The van der Waals surface area contributed by atoms with E-state index in [4.69, 9.17) is 4.74 Å². The molecule has 3 heterocycles. The molecule has 25 heavy (non-hydrogen) atoms. The molecule has 3 aromatic rings. The van der Waals surface area contributed by atoms with E-state index in [1.807, 2.05) is 18.3 Å². The molecule has 7 nitrogen and oxygen atoms in total. The number of ether oxygens (including phenoxy) is 1. The van der Waals surface area contributed by atoms with Crippen molar-refractivity contribution in [1.82, 2.24) is 19.9 Å². The Morgan fingerprint density at radius 2 is 2.12 bits per heavy atom. The molecule has 0 saturated carbocycles. The van der Waals surface area contributed by atoms with E-state index in [1.54, 1.807) is 31.8 Å². The van der Waals surface area contributed by atoms with Gasteiger partial charge in [-0.2, -0.15) is 0 Å². The Kier molecular flexibility index (Phi) is 3.81. The van der Waals surface area contributed by atoms with E-state index in [9.17, 15) is 4.79 Å². The van der Waals surface area contributed by atoms with Crippen LogP contribution in [0.1, 0.15) is 11.6 Å². The molecular formula is C18H17N5O2. The number of fused-ring (bicyclic) bond motifs is 3. The molecule has 0 spiro atoms. The van der Waals surface area contributed by atoms with E-state index >= 15 is 0 Å². The van der Waals surface area contributed by atoms with Crippen LogP contribution in [0.4, 0.5) is 10.6 Å². The van der Waals surface area contributed by atoms with Gasteiger partial charge in [-0.25, -0.2) is 14.8 Å². The molecule has 0 aliphatic carbocycles. The van der Waals surface area contributed by atoms with Gasteiger partial charge in [0, 0.05) is 12.1 Å². The third kappa shape index (κ3) is 2.80. The van der Waals surface area contributed by atoms with Crippen molar-refractivity contribution >= 4 is 11.8 Å². The smallest absolute Gasteiger partial charge is 0.320 e. The molecule has 1 atom stereocenters. The van der Waals surface area contributed by atoms with Crippen LogP contribution in [0, 0.1) is 0 Å². The molecule has 7 heteroatoms. The quantitative estimate of drug-likeness (QED) is 0.768. The number of anilines is 1. The van der Waals surface area contributed by atoms with Crippen molar-refractivity contribution in [2.24, 2.45) is 0 Å².